The lowest BCUT2D eigenvalue weighted by atomic mass is 9.99. The van der Waals surface area contributed by atoms with Crippen LogP contribution in [0.2, 0.25) is 0 Å². The predicted octanol–water partition coefficient (Wildman–Crippen LogP) is 4.55. The minimum Gasteiger partial charge on any atom is -0.310 e. The van der Waals surface area contributed by atoms with Crippen molar-refractivity contribution in [1.82, 2.24) is 5.32 Å². The summed E-state index contributed by atoms with van der Waals surface area (Å²) in [5.74, 6) is 0.597. The van der Waals surface area contributed by atoms with E-state index in [0.29, 0.717) is 5.92 Å². The highest BCUT2D eigenvalue weighted by molar-refractivity contribution is 9.10. The maximum atomic E-state index is 3.61. The monoisotopic (exact) mass is 307 g/mol. The van der Waals surface area contributed by atoms with Gasteiger partial charge in [-0.2, -0.15) is 0 Å². The predicted molar refractivity (Wildman–Crippen MR) is 82.7 cm³/mol. The highest BCUT2D eigenvalue weighted by Crippen LogP contribution is 2.22. The summed E-state index contributed by atoms with van der Waals surface area (Å²) in [6.45, 7) is 7.70. The minimum absolute atomic E-state index is 0.597. The first kappa shape index (κ1) is 13.8. The fourth-order valence-corrected chi connectivity index (χ4v) is 2.19. The first-order valence-corrected chi connectivity index (χ1v) is 7.55. The summed E-state index contributed by atoms with van der Waals surface area (Å²) in [6, 6.07) is 7.33. The fraction of sp³-hybridized carbons (Fsp3) is 0.500. The zero-order valence-corrected chi connectivity index (χ0v) is 13.0. The van der Waals surface area contributed by atoms with Crippen LogP contribution in [0.1, 0.15) is 37.8 Å². The SMILES string of the molecule is Cc1cc(C=C(CNC2CC2)C(C)C)ccc1Br. The number of nitrogens with one attached hydrogen (secondary N) is 1. The van der Waals surface area contributed by atoms with Gasteiger partial charge in [0.2, 0.25) is 0 Å². The van der Waals surface area contributed by atoms with E-state index >= 15 is 0 Å². The maximum Gasteiger partial charge on any atom is 0.0204 e. The molecule has 0 spiro atoms. The van der Waals surface area contributed by atoms with Crippen LogP contribution in [0, 0.1) is 12.8 Å². The molecule has 1 aromatic carbocycles. The molecular formula is C16H22BrN. The molecule has 0 aliphatic heterocycles. The molecule has 2 heteroatoms. The van der Waals surface area contributed by atoms with Gasteiger partial charge in [-0.15, -0.1) is 0 Å². The standard InChI is InChI=1S/C16H22BrN/c1-11(2)14(10-18-15-5-6-15)9-13-4-7-16(17)12(3)8-13/h4,7-9,11,15,18H,5-6,10H2,1-3H3. The van der Waals surface area contributed by atoms with Gasteiger partial charge in [-0.05, 0) is 42.9 Å². The van der Waals surface area contributed by atoms with Crippen molar-refractivity contribution in [2.45, 2.75) is 39.7 Å². The molecule has 1 saturated carbocycles. The molecule has 1 aliphatic rings. The minimum atomic E-state index is 0.597. The Morgan fingerprint density at radius 2 is 2.17 bits per heavy atom. The van der Waals surface area contributed by atoms with E-state index in [2.05, 4.69) is 66.3 Å². The van der Waals surface area contributed by atoms with Crippen LogP contribution in [0.3, 0.4) is 0 Å². The molecule has 0 atom stereocenters. The highest BCUT2D eigenvalue weighted by atomic mass is 79.9. The Kier molecular flexibility index (Phi) is 4.63. The largest absolute Gasteiger partial charge is 0.310 e. The summed E-state index contributed by atoms with van der Waals surface area (Å²) in [7, 11) is 0. The van der Waals surface area contributed by atoms with Crippen LogP contribution in [0.25, 0.3) is 6.08 Å². The lowest BCUT2D eigenvalue weighted by Crippen LogP contribution is -2.21. The summed E-state index contributed by atoms with van der Waals surface area (Å²) in [5, 5.41) is 3.61. The number of hydrogen-bond acceptors (Lipinski definition) is 1. The zero-order valence-electron chi connectivity index (χ0n) is 11.5. The molecule has 0 saturated heterocycles. The molecule has 0 radical (unpaired) electrons. The molecule has 1 aromatic rings. The highest BCUT2D eigenvalue weighted by Gasteiger charge is 2.20. The molecule has 98 valence electrons. The van der Waals surface area contributed by atoms with Crippen LogP contribution >= 0.6 is 15.9 Å². The van der Waals surface area contributed by atoms with Gasteiger partial charge in [-0.3, -0.25) is 0 Å². The van der Waals surface area contributed by atoms with Gasteiger partial charge in [-0.1, -0.05) is 53.6 Å². The fourth-order valence-electron chi connectivity index (χ4n) is 1.94. The topological polar surface area (TPSA) is 12.0 Å². The number of aryl methyl sites for hydroxylation is 1. The second-order valence-electron chi connectivity index (χ2n) is 5.54. The maximum absolute atomic E-state index is 3.61. The Morgan fingerprint density at radius 1 is 1.44 bits per heavy atom. The Balaban J connectivity index is 2.11. The molecule has 1 fully saturated rings. The third-order valence-electron chi connectivity index (χ3n) is 3.45. The number of halogens is 1. The molecule has 1 aliphatic carbocycles. The number of benzene rings is 1. The smallest absolute Gasteiger partial charge is 0.0204 e. The van der Waals surface area contributed by atoms with E-state index in [0.717, 1.165) is 12.6 Å². The summed E-state index contributed by atoms with van der Waals surface area (Å²) >= 11 is 3.55. The van der Waals surface area contributed by atoms with Gasteiger partial charge in [0.25, 0.3) is 0 Å². The Labute approximate surface area is 119 Å². The van der Waals surface area contributed by atoms with Gasteiger partial charge in [0, 0.05) is 17.1 Å². The van der Waals surface area contributed by atoms with Gasteiger partial charge in [0.15, 0.2) is 0 Å². The molecule has 0 aromatic heterocycles. The quantitative estimate of drug-likeness (QED) is 0.841. The Bertz CT molecular complexity index is 444. The molecule has 2 rings (SSSR count). The van der Waals surface area contributed by atoms with E-state index in [1.54, 1.807) is 0 Å². The van der Waals surface area contributed by atoms with E-state index in [9.17, 15) is 0 Å². The molecule has 0 bridgehead atoms. The average Bonchev–Trinajstić information content (AvgIpc) is 3.12. The van der Waals surface area contributed by atoms with Crippen LogP contribution in [0.15, 0.2) is 28.2 Å². The Morgan fingerprint density at radius 3 is 2.72 bits per heavy atom. The Hall–Kier alpha value is -0.600. The zero-order chi connectivity index (χ0) is 13.1. The lowest BCUT2D eigenvalue weighted by Gasteiger charge is -2.13. The second-order valence-corrected chi connectivity index (χ2v) is 6.39. The third-order valence-corrected chi connectivity index (χ3v) is 4.34. The number of hydrogen-bond donors (Lipinski definition) is 1. The van der Waals surface area contributed by atoms with E-state index in [-0.39, 0.29) is 0 Å². The lowest BCUT2D eigenvalue weighted by molar-refractivity contribution is 0.662. The summed E-state index contributed by atoms with van der Waals surface area (Å²) in [6.07, 6.45) is 5.03. The molecule has 1 N–H and O–H groups in total. The molecule has 0 amide bonds. The van der Waals surface area contributed by atoms with Crippen molar-refractivity contribution < 1.29 is 0 Å². The van der Waals surface area contributed by atoms with Crippen molar-refractivity contribution in [2.24, 2.45) is 5.92 Å². The first-order valence-electron chi connectivity index (χ1n) is 6.76. The first-order chi connectivity index (χ1) is 8.56. The van der Waals surface area contributed by atoms with E-state index in [1.807, 2.05) is 0 Å². The molecular weight excluding hydrogens is 286 g/mol. The van der Waals surface area contributed by atoms with E-state index in [1.165, 1.54) is 34.0 Å². The van der Waals surface area contributed by atoms with E-state index in [4.69, 9.17) is 0 Å². The molecule has 0 unspecified atom stereocenters. The van der Waals surface area contributed by atoms with Crippen LogP contribution in [-0.2, 0) is 0 Å². The second kappa shape index (κ2) is 6.03. The molecule has 0 heterocycles. The van der Waals surface area contributed by atoms with Gasteiger partial charge in [0.05, 0.1) is 0 Å². The summed E-state index contributed by atoms with van der Waals surface area (Å²) < 4.78 is 1.18. The van der Waals surface area contributed by atoms with Crippen molar-refractivity contribution >= 4 is 22.0 Å². The average molecular weight is 308 g/mol. The van der Waals surface area contributed by atoms with Crippen molar-refractivity contribution in [3.8, 4) is 0 Å². The molecule has 18 heavy (non-hydrogen) atoms. The summed E-state index contributed by atoms with van der Waals surface area (Å²) in [5.41, 5.74) is 4.09. The molecule has 1 nitrogen and oxygen atoms in total. The van der Waals surface area contributed by atoms with Crippen molar-refractivity contribution in [3.05, 3.63) is 39.4 Å². The van der Waals surface area contributed by atoms with Crippen LogP contribution in [-0.4, -0.2) is 12.6 Å². The van der Waals surface area contributed by atoms with E-state index < -0.39 is 0 Å². The number of rotatable bonds is 5. The van der Waals surface area contributed by atoms with Crippen molar-refractivity contribution in [3.63, 3.8) is 0 Å². The van der Waals surface area contributed by atoms with Gasteiger partial charge < -0.3 is 5.32 Å². The van der Waals surface area contributed by atoms with Gasteiger partial charge in [0.1, 0.15) is 0 Å². The van der Waals surface area contributed by atoms with Crippen molar-refractivity contribution in [2.75, 3.05) is 6.54 Å². The van der Waals surface area contributed by atoms with Crippen LogP contribution in [0.4, 0.5) is 0 Å². The normalized spacial score (nSPS) is 16.4. The van der Waals surface area contributed by atoms with Gasteiger partial charge in [-0.25, -0.2) is 0 Å². The van der Waals surface area contributed by atoms with Crippen molar-refractivity contribution in [1.29, 1.82) is 0 Å². The third kappa shape index (κ3) is 3.96. The van der Waals surface area contributed by atoms with Crippen LogP contribution < -0.4 is 5.32 Å². The summed E-state index contributed by atoms with van der Waals surface area (Å²) in [4.78, 5) is 0. The van der Waals surface area contributed by atoms with Gasteiger partial charge >= 0.3 is 0 Å². The van der Waals surface area contributed by atoms with Crippen LogP contribution in [0.5, 0.6) is 0 Å².